The molecule has 0 aliphatic rings. The fourth-order valence-corrected chi connectivity index (χ4v) is 2.71. The number of amides is 1. The molecule has 2 aromatic carbocycles. The Kier molecular flexibility index (Phi) is 8.14. The lowest BCUT2D eigenvalue weighted by molar-refractivity contribution is 0.0963. The summed E-state index contributed by atoms with van der Waals surface area (Å²) < 4.78 is 11.3. The second kappa shape index (κ2) is 10.6. The van der Waals surface area contributed by atoms with Gasteiger partial charge in [-0.05, 0) is 48.7 Å². The van der Waals surface area contributed by atoms with Crippen molar-refractivity contribution >= 4 is 5.91 Å². The molecule has 0 aliphatic carbocycles. The molecule has 2 N–H and O–H groups in total. The van der Waals surface area contributed by atoms with E-state index in [2.05, 4.69) is 30.5 Å². The second-order valence-electron chi connectivity index (χ2n) is 6.49. The van der Waals surface area contributed by atoms with E-state index in [0.717, 1.165) is 35.5 Å². The minimum Gasteiger partial charge on any atom is -0.493 e. The number of nitrogens with one attached hydrogen (secondary N) is 2. The molecule has 0 saturated carbocycles. The summed E-state index contributed by atoms with van der Waals surface area (Å²) in [6.07, 6.45) is 2.13. The summed E-state index contributed by atoms with van der Waals surface area (Å²) >= 11 is 0. The van der Waals surface area contributed by atoms with Gasteiger partial charge in [0.2, 0.25) is 0 Å². The third-order valence-electron chi connectivity index (χ3n) is 4.50. The molecule has 2 rings (SSSR count). The summed E-state index contributed by atoms with van der Waals surface area (Å²) in [4.78, 5) is 11.6. The Labute approximate surface area is 162 Å². The molecule has 1 amide bonds. The molecule has 5 nitrogen and oxygen atoms in total. The fourth-order valence-electron chi connectivity index (χ4n) is 2.71. The maximum Gasteiger partial charge on any atom is 0.251 e. The van der Waals surface area contributed by atoms with Gasteiger partial charge in [0.05, 0.1) is 13.7 Å². The van der Waals surface area contributed by atoms with Crippen molar-refractivity contribution in [3.63, 3.8) is 0 Å². The largest absolute Gasteiger partial charge is 0.493 e. The van der Waals surface area contributed by atoms with Gasteiger partial charge >= 0.3 is 0 Å². The predicted molar refractivity (Wildman–Crippen MR) is 108 cm³/mol. The molecular weight excluding hydrogens is 340 g/mol. The maximum atomic E-state index is 11.6. The maximum absolute atomic E-state index is 11.6. The highest BCUT2D eigenvalue weighted by Gasteiger charge is 2.11. The number of methoxy groups -OCH3 is 1. The minimum atomic E-state index is -0.0729. The van der Waals surface area contributed by atoms with E-state index in [1.807, 2.05) is 36.4 Å². The number of unbranched alkanes of at least 4 members (excludes halogenated alkanes) is 1. The van der Waals surface area contributed by atoms with Crippen molar-refractivity contribution in [1.29, 1.82) is 0 Å². The van der Waals surface area contributed by atoms with Crippen LogP contribution in [0.15, 0.2) is 42.5 Å². The van der Waals surface area contributed by atoms with Gasteiger partial charge in [-0.3, -0.25) is 4.79 Å². The fraction of sp³-hybridized carbons (Fsp3) is 0.409. The van der Waals surface area contributed by atoms with Gasteiger partial charge in [0.15, 0.2) is 11.5 Å². The number of benzene rings is 2. The van der Waals surface area contributed by atoms with Crippen molar-refractivity contribution in [3.8, 4) is 11.5 Å². The van der Waals surface area contributed by atoms with Crippen LogP contribution in [0.5, 0.6) is 11.5 Å². The van der Waals surface area contributed by atoms with Crippen LogP contribution in [0, 0.1) is 0 Å². The van der Waals surface area contributed by atoms with Crippen LogP contribution in [0.1, 0.15) is 54.2 Å². The van der Waals surface area contributed by atoms with Gasteiger partial charge in [-0.25, -0.2) is 0 Å². The Morgan fingerprint density at radius 3 is 2.48 bits per heavy atom. The number of carbonyl (C=O) groups excluding carboxylic acids is 1. The number of hydrogen-bond acceptors (Lipinski definition) is 4. The third-order valence-corrected chi connectivity index (χ3v) is 4.50. The molecule has 0 aliphatic heterocycles. The average molecular weight is 370 g/mol. The van der Waals surface area contributed by atoms with Crippen LogP contribution in [0.4, 0.5) is 0 Å². The SMILES string of the molecule is CCCCOc1ccc(C(C)NCc2ccc(C(=O)NC)cc2)cc1OC. The van der Waals surface area contributed by atoms with Crippen LogP contribution in [0.25, 0.3) is 0 Å². The molecule has 1 atom stereocenters. The predicted octanol–water partition coefficient (Wildman–Crippen LogP) is 4.08. The van der Waals surface area contributed by atoms with E-state index >= 15 is 0 Å². The Hall–Kier alpha value is -2.53. The van der Waals surface area contributed by atoms with Gasteiger partial charge in [-0.15, -0.1) is 0 Å². The lowest BCUT2D eigenvalue weighted by Gasteiger charge is -2.17. The lowest BCUT2D eigenvalue weighted by atomic mass is 10.1. The number of carbonyl (C=O) groups is 1. The average Bonchev–Trinajstić information content (AvgIpc) is 2.72. The van der Waals surface area contributed by atoms with Crippen molar-refractivity contribution in [1.82, 2.24) is 10.6 Å². The molecular formula is C22H30N2O3. The van der Waals surface area contributed by atoms with Crippen molar-refractivity contribution in [2.75, 3.05) is 20.8 Å². The zero-order valence-corrected chi connectivity index (χ0v) is 16.7. The zero-order valence-electron chi connectivity index (χ0n) is 16.7. The van der Waals surface area contributed by atoms with E-state index in [1.54, 1.807) is 14.2 Å². The highest BCUT2D eigenvalue weighted by molar-refractivity contribution is 5.93. The Bertz CT molecular complexity index is 729. The summed E-state index contributed by atoms with van der Waals surface area (Å²) in [7, 11) is 3.30. The third kappa shape index (κ3) is 6.00. The molecule has 0 saturated heterocycles. The van der Waals surface area contributed by atoms with Crippen LogP contribution in [0.2, 0.25) is 0 Å². The Morgan fingerprint density at radius 1 is 1.11 bits per heavy atom. The minimum absolute atomic E-state index is 0.0729. The van der Waals surface area contributed by atoms with Gasteiger partial charge in [0, 0.05) is 25.2 Å². The van der Waals surface area contributed by atoms with Crippen LogP contribution in [-0.4, -0.2) is 26.7 Å². The molecule has 5 heteroatoms. The first kappa shape index (κ1) is 20.8. The Morgan fingerprint density at radius 2 is 1.85 bits per heavy atom. The molecule has 0 bridgehead atoms. The van der Waals surface area contributed by atoms with Crippen molar-refractivity contribution in [2.45, 2.75) is 39.3 Å². The van der Waals surface area contributed by atoms with Crippen molar-refractivity contribution < 1.29 is 14.3 Å². The van der Waals surface area contributed by atoms with Gasteiger partial charge in [0.1, 0.15) is 0 Å². The summed E-state index contributed by atoms with van der Waals surface area (Å²) in [5.41, 5.74) is 2.93. The first-order valence-corrected chi connectivity index (χ1v) is 9.44. The normalized spacial score (nSPS) is 11.7. The monoisotopic (exact) mass is 370 g/mol. The first-order chi connectivity index (χ1) is 13.1. The van der Waals surface area contributed by atoms with E-state index in [4.69, 9.17) is 9.47 Å². The summed E-state index contributed by atoms with van der Waals surface area (Å²) in [6.45, 7) is 5.67. The van der Waals surface area contributed by atoms with E-state index in [0.29, 0.717) is 18.7 Å². The highest BCUT2D eigenvalue weighted by atomic mass is 16.5. The molecule has 0 radical (unpaired) electrons. The molecule has 2 aromatic rings. The van der Waals surface area contributed by atoms with E-state index in [-0.39, 0.29) is 11.9 Å². The van der Waals surface area contributed by atoms with Gasteiger partial charge < -0.3 is 20.1 Å². The second-order valence-corrected chi connectivity index (χ2v) is 6.49. The van der Waals surface area contributed by atoms with Gasteiger partial charge in [-0.2, -0.15) is 0 Å². The summed E-state index contributed by atoms with van der Waals surface area (Å²) in [6, 6.07) is 13.8. The van der Waals surface area contributed by atoms with Crippen LogP contribution in [0.3, 0.4) is 0 Å². The number of ether oxygens (including phenoxy) is 2. The molecule has 0 heterocycles. The highest BCUT2D eigenvalue weighted by Crippen LogP contribution is 2.30. The standard InChI is InChI=1S/C22H30N2O3/c1-5-6-13-27-20-12-11-19(14-21(20)26-4)16(2)24-15-17-7-9-18(10-8-17)22(25)23-3/h7-12,14,16,24H,5-6,13,15H2,1-4H3,(H,23,25). The number of rotatable bonds is 10. The van der Waals surface area contributed by atoms with Crippen molar-refractivity contribution in [2.24, 2.45) is 0 Å². The smallest absolute Gasteiger partial charge is 0.251 e. The summed E-state index contributed by atoms with van der Waals surface area (Å²) in [5, 5.41) is 6.13. The molecule has 0 aromatic heterocycles. The van der Waals surface area contributed by atoms with Crippen molar-refractivity contribution in [3.05, 3.63) is 59.2 Å². The molecule has 0 fully saturated rings. The van der Waals surface area contributed by atoms with Crippen LogP contribution < -0.4 is 20.1 Å². The van der Waals surface area contributed by atoms with E-state index in [9.17, 15) is 4.79 Å². The van der Waals surface area contributed by atoms with Crippen LogP contribution in [-0.2, 0) is 6.54 Å². The van der Waals surface area contributed by atoms with Gasteiger partial charge in [-0.1, -0.05) is 31.5 Å². The molecule has 146 valence electrons. The lowest BCUT2D eigenvalue weighted by Crippen LogP contribution is -2.19. The van der Waals surface area contributed by atoms with E-state index < -0.39 is 0 Å². The Balaban J connectivity index is 1.96. The van der Waals surface area contributed by atoms with E-state index in [1.165, 1.54) is 0 Å². The summed E-state index contributed by atoms with van der Waals surface area (Å²) in [5.74, 6) is 1.47. The molecule has 27 heavy (non-hydrogen) atoms. The molecule has 1 unspecified atom stereocenters. The number of hydrogen-bond donors (Lipinski definition) is 2. The quantitative estimate of drug-likeness (QED) is 0.619. The van der Waals surface area contributed by atoms with Gasteiger partial charge in [0.25, 0.3) is 5.91 Å². The van der Waals surface area contributed by atoms with Crippen LogP contribution >= 0.6 is 0 Å². The topological polar surface area (TPSA) is 59.6 Å². The first-order valence-electron chi connectivity index (χ1n) is 9.44. The molecule has 0 spiro atoms. The zero-order chi connectivity index (χ0) is 19.6.